The lowest BCUT2D eigenvalue weighted by Crippen LogP contribution is -2.14. The van der Waals surface area contributed by atoms with E-state index < -0.39 is 0 Å². The van der Waals surface area contributed by atoms with Crippen molar-refractivity contribution in [3.63, 3.8) is 0 Å². The molecule has 0 spiro atoms. The quantitative estimate of drug-likeness (QED) is 0.938. The summed E-state index contributed by atoms with van der Waals surface area (Å²) in [6, 6.07) is 10.0. The largest absolute Gasteiger partial charge is 0.324 e. The van der Waals surface area contributed by atoms with Crippen LogP contribution in [0.25, 0.3) is 0 Å². The number of benzene rings is 1. The van der Waals surface area contributed by atoms with Gasteiger partial charge in [0.05, 0.1) is 5.69 Å². The van der Waals surface area contributed by atoms with Crippen LogP contribution in [0.3, 0.4) is 0 Å². The number of hydrogen-bond donors (Lipinski definition) is 1. The van der Waals surface area contributed by atoms with Crippen LogP contribution < -0.4 is 5.73 Å². The maximum Gasteiger partial charge on any atom is 0.0643 e. The first kappa shape index (κ1) is 11.4. The van der Waals surface area contributed by atoms with Crippen molar-refractivity contribution < 1.29 is 0 Å². The molecule has 1 atom stereocenters. The molecule has 2 aromatic rings. The second kappa shape index (κ2) is 4.80. The predicted molar refractivity (Wildman–Crippen MR) is 68.0 cm³/mol. The van der Waals surface area contributed by atoms with Gasteiger partial charge in [-0.3, -0.25) is 4.68 Å². The Balaban J connectivity index is 2.14. The molecule has 0 aliphatic heterocycles. The van der Waals surface area contributed by atoms with Crippen LogP contribution in [-0.2, 0) is 13.5 Å². The van der Waals surface area contributed by atoms with E-state index in [-0.39, 0.29) is 6.04 Å². The molecule has 84 valence electrons. The number of aryl methyl sites for hydroxylation is 1. The highest BCUT2D eigenvalue weighted by Gasteiger charge is 2.11. The van der Waals surface area contributed by atoms with Gasteiger partial charge in [-0.15, -0.1) is 0 Å². The number of hydrogen-bond acceptors (Lipinski definition) is 2. The smallest absolute Gasteiger partial charge is 0.0643 e. The molecule has 1 aromatic carbocycles. The van der Waals surface area contributed by atoms with Crippen molar-refractivity contribution in [2.45, 2.75) is 12.5 Å². The van der Waals surface area contributed by atoms with Crippen molar-refractivity contribution >= 4 is 15.9 Å². The molecule has 1 heterocycles. The summed E-state index contributed by atoms with van der Waals surface area (Å²) in [7, 11) is 1.91. The summed E-state index contributed by atoms with van der Waals surface area (Å²) >= 11 is 3.51. The molecular formula is C12H14BrN3. The summed E-state index contributed by atoms with van der Waals surface area (Å²) in [4.78, 5) is 0. The summed E-state index contributed by atoms with van der Waals surface area (Å²) in [6.07, 6.45) is 2.69. The fourth-order valence-electron chi connectivity index (χ4n) is 1.68. The van der Waals surface area contributed by atoms with Gasteiger partial charge in [-0.2, -0.15) is 5.10 Å². The SMILES string of the molecule is Cn1ccc(CC(N)c2ccccc2Br)n1. The topological polar surface area (TPSA) is 43.8 Å². The molecule has 16 heavy (non-hydrogen) atoms. The minimum Gasteiger partial charge on any atom is -0.324 e. The number of rotatable bonds is 3. The lowest BCUT2D eigenvalue weighted by molar-refractivity contribution is 0.673. The van der Waals surface area contributed by atoms with Gasteiger partial charge in [-0.05, 0) is 17.7 Å². The molecule has 0 fully saturated rings. The molecule has 0 aliphatic rings. The van der Waals surface area contributed by atoms with Gasteiger partial charge in [0.1, 0.15) is 0 Å². The number of nitrogens with two attached hydrogens (primary N) is 1. The Bertz CT molecular complexity index is 479. The third kappa shape index (κ3) is 2.51. The van der Waals surface area contributed by atoms with Crippen molar-refractivity contribution in [3.8, 4) is 0 Å². The van der Waals surface area contributed by atoms with E-state index in [1.807, 2.05) is 43.6 Å². The van der Waals surface area contributed by atoms with Gasteiger partial charge in [0.25, 0.3) is 0 Å². The normalized spacial score (nSPS) is 12.7. The molecule has 3 nitrogen and oxygen atoms in total. The zero-order valence-corrected chi connectivity index (χ0v) is 10.7. The van der Waals surface area contributed by atoms with E-state index in [0.717, 1.165) is 22.2 Å². The lowest BCUT2D eigenvalue weighted by Gasteiger charge is -2.12. The van der Waals surface area contributed by atoms with Crippen molar-refractivity contribution in [3.05, 3.63) is 52.3 Å². The zero-order valence-electron chi connectivity index (χ0n) is 9.10. The molecule has 2 rings (SSSR count). The first-order valence-corrected chi connectivity index (χ1v) is 5.94. The van der Waals surface area contributed by atoms with Gasteiger partial charge in [0, 0.05) is 30.2 Å². The van der Waals surface area contributed by atoms with Crippen LogP contribution in [0.2, 0.25) is 0 Å². The van der Waals surface area contributed by atoms with Gasteiger partial charge in [-0.1, -0.05) is 34.1 Å². The molecule has 2 N–H and O–H groups in total. The minimum absolute atomic E-state index is 0.0227. The van der Waals surface area contributed by atoms with Crippen LogP contribution in [0.1, 0.15) is 17.3 Å². The summed E-state index contributed by atoms with van der Waals surface area (Å²) in [5.74, 6) is 0. The number of halogens is 1. The summed E-state index contributed by atoms with van der Waals surface area (Å²) in [5.41, 5.74) is 8.30. The molecule has 0 saturated heterocycles. The van der Waals surface area contributed by atoms with E-state index in [1.54, 1.807) is 4.68 Å². The van der Waals surface area contributed by atoms with Gasteiger partial charge < -0.3 is 5.73 Å². The highest BCUT2D eigenvalue weighted by atomic mass is 79.9. The Morgan fingerprint density at radius 2 is 2.12 bits per heavy atom. The summed E-state index contributed by atoms with van der Waals surface area (Å²) < 4.78 is 2.85. The monoisotopic (exact) mass is 279 g/mol. The second-order valence-electron chi connectivity index (χ2n) is 3.81. The fraction of sp³-hybridized carbons (Fsp3) is 0.250. The predicted octanol–water partition coefficient (Wildman–Crippen LogP) is 2.43. The van der Waals surface area contributed by atoms with Crippen LogP contribution in [0.5, 0.6) is 0 Å². The van der Waals surface area contributed by atoms with Crippen molar-refractivity contribution in [2.24, 2.45) is 12.8 Å². The number of nitrogens with zero attached hydrogens (tertiary/aromatic N) is 2. The van der Waals surface area contributed by atoms with E-state index in [2.05, 4.69) is 21.0 Å². The summed E-state index contributed by atoms with van der Waals surface area (Å²) in [6.45, 7) is 0. The van der Waals surface area contributed by atoms with Crippen LogP contribution in [0.4, 0.5) is 0 Å². The maximum atomic E-state index is 6.16. The van der Waals surface area contributed by atoms with Crippen molar-refractivity contribution in [1.29, 1.82) is 0 Å². The average molecular weight is 280 g/mol. The Labute approximate surface area is 103 Å². The molecule has 0 amide bonds. The van der Waals surface area contributed by atoms with E-state index in [1.165, 1.54) is 0 Å². The van der Waals surface area contributed by atoms with Gasteiger partial charge in [-0.25, -0.2) is 0 Å². The Morgan fingerprint density at radius 3 is 2.75 bits per heavy atom. The molecule has 0 aliphatic carbocycles. The first-order valence-electron chi connectivity index (χ1n) is 5.15. The zero-order chi connectivity index (χ0) is 11.5. The van der Waals surface area contributed by atoms with Gasteiger partial charge in [0.15, 0.2) is 0 Å². The molecule has 4 heteroatoms. The minimum atomic E-state index is -0.0227. The molecule has 1 aromatic heterocycles. The Kier molecular flexibility index (Phi) is 3.41. The lowest BCUT2D eigenvalue weighted by atomic mass is 10.0. The molecular weight excluding hydrogens is 266 g/mol. The van der Waals surface area contributed by atoms with E-state index in [4.69, 9.17) is 5.73 Å². The van der Waals surface area contributed by atoms with E-state index in [0.29, 0.717) is 0 Å². The average Bonchev–Trinajstić information content (AvgIpc) is 2.64. The van der Waals surface area contributed by atoms with Crippen LogP contribution in [0.15, 0.2) is 41.0 Å². The van der Waals surface area contributed by atoms with Gasteiger partial charge >= 0.3 is 0 Å². The van der Waals surface area contributed by atoms with E-state index >= 15 is 0 Å². The van der Waals surface area contributed by atoms with Crippen LogP contribution in [-0.4, -0.2) is 9.78 Å². The standard InChI is InChI=1S/C12H14BrN3/c1-16-7-6-9(15-16)8-12(14)10-4-2-3-5-11(10)13/h2-7,12H,8,14H2,1H3. The fourth-order valence-corrected chi connectivity index (χ4v) is 2.26. The molecule has 0 radical (unpaired) electrons. The van der Waals surface area contributed by atoms with Crippen LogP contribution >= 0.6 is 15.9 Å². The van der Waals surface area contributed by atoms with Crippen molar-refractivity contribution in [2.75, 3.05) is 0 Å². The maximum absolute atomic E-state index is 6.16. The third-order valence-corrected chi connectivity index (χ3v) is 3.22. The van der Waals surface area contributed by atoms with Crippen LogP contribution in [0, 0.1) is 0 Å². The second-order valence-corrected chi connectivity index (χ2v) is 4.67. The summed E-state index contributed by atoms with van der Waals surface area (Å²) in [5, 5.41) is 4.33. The molecule has 0 bridgehead atoms. The van der Waals surface area contributed by atoms with Gasteiger partial charge in [0.2, 0.25) is 0 Å². The highest BCUT2D eigenvalue weighted by molar-refractivity contribution is 9.10. The molecule has 1 unspecified atom stereocenters. The van der Waals surface area contributed by atoms with E-state index in [9.17, 15) is 0 Å². The molecule has 0 saturated carbocycles. The Morgan fingerprint density at radius 1 is 1.38 bits per heavy atom. The highest BCUT2D eigenvalue weighted by Crippen LogP contribution is 2.23. The first-order chi connectivity index (χ1) is 7.66. The van der Waals surface area contributed by atoms with Crippen molar-refractivity contribution in [1.82, 2.24) is 9.78 Å². The number of aromatic nitrogens is 2. The Hall–Kier alpha value is -1.13. The third-order valence-electron chi connectivity index (χ3n) is 2.50.